The summed E-state index contributed by atoms with van der Waals surface area (Å²) in [6.45, 7) is 3.40. The van der Waals surface area contributed by atoms with Crippen LogP contribution in [0.25, 0.3) is 5.69 Å². The molecule has 0 bridgehead atoms. The Hall–Kier alpha value is -3.42. The molecule has 7 nitrogen and oxygen atoms in total. The minimum absolute atomic E-state index is 0.184. The molecule has 3 aromatic rings. The number of rotatable bonds is 3. The summed E-state index contributed by atoms with van der Waals surface area (Å²) in [5.74, 6) is -0.531. The molecule has 0 radical (unpaired) electrons. The molecule has 1 fully saturated rings. The fourth-order valence-corrected chi connectivity index (χ4v) is 3.28. The molecule has 1 aliphatic heterocycles. The molecule has 2 amide bonds. The van der Waals surface area contributed by atoms with E-state index in [0.29, 0.717) is 43.3 Å². The molecule has 0 N–H and O–H groups in total. The predicted molar refractivity (Wildman–Crippen MR) is 98.8 cm³/mol. The number of carbonyl (C=O) groups excluding carboxylic acids is 2. The third-order valence-electron chi connectivity index (χ3n) is 4.77. The third kappa shape index (κ3) is 3.28. The van der Waals surface area contributed by atoms with Gasteiger partial charge in [0.15, 0.2) is 11.5 Å². The number of hydrogen-bond donors (Lipinski definition) is 0. The fourth-order valence-electron chi connectivity index (χ4n) is 3.28. The lowest BCUT2D eigenvalue weighted by Gasteiger charge is -2.33. The zero-order valence-corrected chi connectivity index (χ0v) is 15.3. The molecule has 0 spiro atoms. The van der Waals surface area contributed by atoms with Gasteiger partial charge in [0.05, 0.1) is 6.26 Å². The number of para-hydroxylation sites is 1. The van der Waals surface area contributed by atoms with Crippen LogP contribution in [-0.2, 0) is 0 Å². The van der Waals surface area contributed by atoms with E-state index in [1.807, 2.05) is 0 Å². The van der Waals surface area contributed by atoms with E-state index in [4.69, 9.17) is 4.42 Å². The summed E-state index contributed by atoms with van der Waals surface area (Å²) in [4.78, 5) is 28.5. The molecule has 8 heteroatoms. The molecule has 0 atom stereocenters. The van der Waals surface area contributed by atoms with Gasteiger partial charge in [0.25, 0.3) is 11.8 Å². The van der Waals surface area contributed by atoms with Crippen molar-refractivity contribution < 1.29 is 18.4 Å². The van der Waals surface area contributed by atoms with Gasteiger partial charge in [-0.15, -0.1) is 0 Å². The van der Waals surface area contributed by atoms with E-state index >= 15 is 0 Å². The lowest BCUT2D eigenvalue weighted by molar-refractivity contribution is 0.0515. The number of benzene rings is 1. The van der Waals surface area contributed by atoms with Gasteiger partial charge >= 0.3 is 0 Å². The van der Waals surface area contributed by atoms with Gasteiger partial charge in [-0.1, -0.05) is 12.1 Å². The molecule has 1 aliphatic rings. The Kier molecular flexibility index (Phi) is 4.68. The standard InChI is InChI=1S/C20H19FN4O3/c1-14-13-16(22-25(14)17-6-3-2-5-15(17)21)19(26)23-8-10-24(11-9-23)20(27)18-7-4-12-28-18/h2-7,12-13H,8-11H2,1H3. The number of carbonyl (C=O) groups is 2. The van der Waals surface area contributed by atoms with E-state index in [0.717, 1.165) is 0 Å². The van der Waals surface area contributed by atoms with Gasteiger partial charge in [-0.3, -0.25) is 9.59 Å². The molecule has 28 heavy (non-hydrogen) atoms. The summed E-state index contributed by atoms with van der Waals surface area (Å²) >= 11 is 0. The Balaban J connectivity index is 1.46. The van der Waals surface area contributed by atoms with Crippen molar-refractivity contribution >= 4 is 11.8 Å². The summed E-state index contributed by atoms with van der Waals surface area (Å²) in [5.41, 5.74) is 1.22. The first-order chi connectivity index (χ1) is 13.5. The Morgan fingerprint density at radius 3 is 2.32 bits per heavy atom. The van der Waals surface area contributed by atoms with Crippen LogP contribution >= 0.6 is 0 Å². The van der Waals surface area contributed by atoms with Crippen LogP contribution in [0.5, 0.6) is 0 Å². The Morgan fingerprint density at radius 2 is 1.68 bits per heavy atom. The van der Waals surface area contributed by atoms with Crippen LogP contribution in [0.1, 0.15) is 26.7 Å². The molecule has 1 saturated heterocycles. The topological polar surface area (TPSA) is 71.6 Å². The van der Waals surface area contributed by atoms with Crippen LogP contribution in [0.3, 0.4) is 0 Å². The van der Waals surface area contributed by atoms with E-state index < -0.39 is 5.82 Å². The Labute approximate surface area is 161 Å². The van der Waals surface area contributed by atoms with E-state index in [2.05, 4.69) is 5.10 Å². The van der Waals surface area contributed by atoms with E-state index in [-0.39, 0.29) is 17.5 Å². The Bertz CT molecular complexity index is 1000. The van der Waals surface area contributed by atoms with Crippen molar-refractivity contribution in [1.82, 2.24) is 19.6 Å². The van der Waals surface area contributed by atoms with E-state index in [9.17, 15) is 14.0 Å². The molecule has 0 unspecified atom stereocenters. The second kappa shape index (κ2) is 7.30. The first kappa shape index (κ1) is 18.0. The van der Waals surface area contributed by atoms with Crippen molar-refractivity contribution in [2.24, 2.45) is 0 Å². The lowest BCUT2D eigenvalue weighted by atomic mass is 10.2. The highest BCUT2D eigenvalue weighted by molar-refractivity contribution is 5.93. The number of nitrogens with zero attached hydrogens (tertiary/aromatic N) is 4. The first-order valence-corrected chi connectivity index (χ1v) is 8.98. The molecular formula is C20H19FN4O3. The average molecular weight is 382 g/mol. The lowest BCUT2D eigenvalue weighted by Crippen LogP contribution is -2.50. The maximum Gasteiger partial charge on any atom is 0.289 e. The highest BCUT2D eigenvalue weighted by Crippen LogP contribution is 2.17. The summed E-state index contributed by atoms with van der Waals surface area (Å²) in [5, 5.41) is 4.30. The van der Waals surface area contributed by atoms with E-state index in [1.54, 1.807) is 53.1 Å². The summed E-state index contributed by atoms with van der Waals surface area (Å²) < 4.78 is 20.6. The smallest absolute Gasteiger partial charge is 0.289 e. The van der Waals surface area contributed by atoms with Gasteiger partial charge in [-0.2, -0.15) is 5.10 Å². The van der Waals surface area contributed by atoms with Crippen molar-refractivity contribution in [2.75, 3.05) is 26.2 Å². The number of hydrogen-bond acceptors (Lipinski definition) is 4. The summed E-state index contributed by atoms with van der Waals surface area (Å²) in [6.07, 6.45) is 1.46. The predicted octanol–water partition coefficient (Wildman–Crippen LogP) is 2.51. The molecule has 0 aliphatic carbocycles. The SMILES string of the molecule is Cc1cc(C(=O)N2CCN(C(=O)c3ccco3)CC2)nn1-c1ccccc1F. The van der Waals surface area contributed by atoms with Gasteiger partial charge < -0.3 is 14.2 Å². The largest absolute Gasteiger partial charge is 0.459 e. The molecule has 1 aromatic carbocycles. The van der Waals surface area contributed by atoms with Gasteiger partial charge in [-0.05, 0) is 37.3 Å². The Morgan fingerprint density at radius 1 is 1.00 bits per heavy atom. The molecule has 0 saturated carbocycles. The summed E-state index contributed by atoms with van der Waals surface area (Å²) in [7, 11) is 0. The number of amides is 2. The maximum atomic E-state index is 14.1. The van der Waals surface area contributed by atoms with Crippen LogP contribution in [0.4, 0.5) is 4.39 Å². The molecular weight excluding hydrogens is 363 g/mol. The van der Waals surface area contributed by atoms with Crippen LogP contribution in [0.2, 0.25) is 0 Å². The first-order valence-electron chi connectivity index (χ1n) is 8.98. The zero-order chi connectivity index (χ0) is 19.7. The minimum atomic E-state index is -0.405. The van der Waals surface area contributed by atoms with Crippen molar-refractivity contribution in [1.29, 1.82) is 0 Å². The van der Waals surface area contributed by atoms with Gasteiger partial charge in [0.2, 0.25) is 0 Å². The minimum Gasteiger partial charge on any atom is -0.459 e. The van der Waals surface area contributed by atoms with Crippen molar-refractivity contribution in [3.63, 3.8) is 0 Å². The van der Waals surface area contributed by atoms with Crippen molar-refractivity contribution in [3.8, 4) is 5.69 Å². The van der Waals surface area contributed by atoms with Gasteiger partial charge in [0, 0.05) is 31.9 Å². The highest BCUT2D eigenvalue weighted by Gasteiger charge is 2.28. The third-order valence-corrected chi connectivity index (χ3v) is 4.77. The number of aryl methyl sites for hydroxylation is 1. The summed E-state index contributed by atoms with van der Waals surface area (Å²) in [6, 6.07) is 11.2. The number of furan rings is 1. The van der Waals surface area contributed by atoms with Gasteiger partial charge in [-0.25, -0.2) is 9.07 Å². The second-order valence-corrected chi connectivity index (χ2v) is 6.60. The fraction of sp³-hybridized carbons (Fsp3) is 0.250. The van der Waals surface area contributed by atoms with Gasteiger partial charge in [0.1, 0.15) is 11.5 Å². The van der Waals surface area contributed by atoms with Crippen molar-refractivity contribution in [3.05, 3.63) is 71.7 Å². The highest BCUT2D eigenvalue weighted by atomic mass is 19.1. The maximum absolute atomic E-state index is 14.1. The second-order valence-electron chi connectivity index (χ2n) is 6.60. The monoisotopic (exact) mass is 382 g/mol. The van der Waals surface area contributed by atoms with Crippen LogP contribution in [0, 0.1) is 12.7 Å². The number of aromatic nitrogens is 2. The molecule has 2 aromatic heterocycles. The zero-order valence-electron chi connectivity index (χ0n) is 15.3. The van der Waals surface area contributed by atoms with Crippen molar-refractivity contribution in [2.45, 2.75) is 6.92 Å². The quantitative estimate of drug-likeness (QED) is 0.698. The van der Waals surface area contributed by atoms with Crippen LogP contribution in [-0.4, -0.2) is 57.6 Å². The normalized spacial score (nSPS) is 14.4. The molecule has 3 heterocycles. The van der Waals surface area contributed by atoms with E-state index in [1.165, 1.54) is 17.0 Å². The average Bonchev–Trinajstić information content (AvgIpc) is 3.37. The molecule has 4 rings (SSSR count). The number of piperazine rings is 1. The molecule has 144 valence electrons. The van der Waals surface area contributed by atoms with Crippen LogP contribution in [0.15, 0.2) is 53.1 Å². The number of halogens is 1. The van der Waals surface area contributed by atoms with Crippen LogP contribution < -0.4 is 0 Å².